The van der Waals surface area contributed by atoms with E-state index in [0.717, 1.165) is 21.7 Å². The number of fused-ring (bicyclic) bond motifs is 1. The molecular formula is C26H25N3O5S. The van der Waals surface area contributed by atoms with Gasteiger partial charge in [-0.2, -0.15) is 5.10 Å². The van der Waals surface area contributed by atoms with Gasteiger partial charge in [0.15, 0.2) is 18.1 Å². The Balaban J connectivity index is 1.41. The van der Waals surface area contributed by atoms with Crippen molar-refractivity contribution >= 4 is 28.9 Å². The molecule has 1 N–H and O–H groups in total. The van der Waals surface area contributed by atoms with Gasteiger partial charge in [-0.05, 0) is 47.7 Å². The molecule has 1 unspecified atom stereocenters. The van der Waals surface area contributed by atoms with Gasteiger partial charge < -0.3 is 19.5 Å². The van der Waals surface area contributed by atoms with E-state index in [4.69, 9.17) is 19.3 Å². The van der Waals surface area contributed by atoms with Gasteiger partial charge in [-0.3, -0.25) is 9.59 Å². The van der Waals surface area contributed by atoms with Gasteiger partial charge in [-0.1, -0.05) is 18.2 Å². The summed E-state index contributed by atoms with van der Waals surface area (Å²) < 4.78 is 16.8. The summed E-state index contributed by atoms with van der Waals surface area (Å²) >= 11 is 1.59. The molecule has 180 valence electrons. The fourth-order valence-corrected chi connectivity index (χ4v) is 5.15. The highest BCUT2D eigenvalue weighted by Gasteiger charge is 2.34. The largest absolute Gasteiger partial charge is 0.493 e. The van der Waals surface area contributed by atoms with E-state index in [0.29, 0.717) is 42.2 Å². The second-order valence-electron chi connectivity index (χ2n) is 8.17. The fourth-order valence-electron chi connectivity index (χ4n) is 4.42. The van der Waals surface area contributed by atoms with Crippen LogP contribution in [0.4, 0.5) is 0 Å². The number of amides is 2. The number of nitrogens with zero attached hydrogens (tertiary/aromatic N) is 2. The van der Waals surface area contributed by atoms with Crippen molar-refractivity contribution in [2.45, 2.75) is 18.9 Å². The molecule has 2 aromatic carbocycles. The Bertz CT molecular complexity index is 1290. The second kappa shape index (κ2) is 9.79. The van der Waals surface area contributed by atoms with Crippen LogP contribution in [0.1, 0.15) is 38.8 Å². The molecule has 5 rings (SSSR count). The molecular weight excluding hydrogens is 466 g/mol. The minimum Gasteiger partial charge on any atom is -0.493 e. The van der Waals surface area contributed by atoms with Crippen LogP contribution in [0, 0.1) is 0 Å². The Labute approximate surface area is 207 Å². The van der Waals surface area contributed by atoms with Gasteiger partial charge in [0.2, 0.25) is 0 Å². The van der Waals surface area contributed by atoms with Crippen LogP contribution in [0.3, 0.4) is 0 Å². The molecule has 0 spiro atoms. The minimum atomic E-state index is -0.307. The maximum absolute atomic E-state index is 13.4. The monoisotopic (exact) mass is 491 g/mol. The zero-order valence-corrected chi connectivity index (χ0v) is 20.3. The Kier molecular flexibility index (Phi) is 6.41. The lowest BCUT2D eigenvalue weighted by molar-refractivity contribution is -0.135. The zero-order chi connectivity index (χ0) is 24.4. The lowest BCUT2D eigenvalue weighted by Gasteiger charge is -2.24. The number of thiophene rings is 1. The highest BCUT2D eigenvalue weighted by molar-refractivity contribution is 7.12. The van der Waals surface area contributed by atoms with Crippen molar-refractivity contribution in [1.82, 2.24) is 10.3 Å². The van der Waals surface area contributed by atoms with Crippen LogP contribution in [-0.4, -0.2) is 49.9 Å². The SMILES string of the molecule is COc1ccc(C2CC(c3cccs3)=NN2C(=O)COc2cccc3c2CCNC3=O)cc1OC. The van der Waals surface area contributed by atoms with Gasteiger partial charge in [0, 0.05) is 24.1 Å². The van der Waals surface area contributed by atoms with E-state index in [1.807, 2.05) is 35.7 Å². The molecule has 0 aliphatic carbocycles. The lowest BCUT2D eigenvalue weighted by atomic mass is 9.99. The molecule has 0 saturated carbocycles. The molecule has 1 aromatic heterocycles. The maximum Gasteiger partial charge on any atom is 0.281 e. The molecule has 2 aliphatic rings. The van der Waals surface area contributed by atoms with Gasteiger partial charge >= 0.3 is 0 Å². The van der Waals surface area contributed by atoms with E-state index in [2.05, 4.69) is 5.32 Å². The van der Waals surface area contributed by atoms with Gasteiger partial charge in [-0.25, -0.2) is 5.01 Å². The van der Waals surface area contributed by atoms with Crippen molar-refractivity contribution in [3.63, 3.8) is 0 Å². The Morgan fingerprint density at radius 3 is 2.74 bits per heavy atom. The van der Waals surface area contributed by atoms with E-state index in [-0.39, 0.29) is 24.5 Å². The summed E-state index contributed by atoms with van der Waals surface area (Å²) in [5, 5.41) is 11.0. The normalized spacial score (nSPS) is 16.9. The molecule has 35 heavy (non-hydrogen) atoms. The van der Waals surface area contributed by atoms with Crippen LogP contribution in [0.25, 0.3) is 0 Å². The average molecular weight is 492 g/mol. The van der Waals surface area contributed by atoms with Crippen molar-refractivity contribution in [3.05, 3.63) is 75.5 Å². The number of methoxy groups -OCH3 is 2. The second-order valence-corrected chi connectivity index (χ2v) is 9.12. The molecule has 8 nitrogen and oxygen atoms in total. The number of ether oxygens (including phenoxy) is 3. The first-order valence-corrected chi connectivity index (χ1v) is 12.1. The van der Waals surface area contributed by atoms with Crippen LogP contribution >= 0.6 is 11.3 Å². The lowest BCUT2D eigenvalue weighted by Crippen LogP contribution is -2.33. The van der Waals surface area contributed by atoms with E-state index in [1.165, 1.54) is 5.01 Å². The van der Waals surface area contributed by atoms with E-state index in [9.17, 15) is 9.59 Å². The summed E-state index contributed by atoms with van der Waals surface area (Å²) in [5.74, 6) is 1.37. The number of carbonyl (C=O) groups is 2. The smallest absolute Gasteiger partial charge is 0.281 e. The fraction of sp³-hybridized carbons (Fsp3) is 0.269. The van der Waals surface area contributed by atoms with Crippen molar-refractivity contribution < 1.29 is 23.8 Å². The van der Waals surface area contributed by atoms with Crippen LogP contribution in [0.5, 0.6) is 17.2 Å². The first kappa shape index (κ1) is 22.9. The highest BCUT2D eigenvalue weighted by Crippen LogP contribution is 2.38. The van der Waals surface area contributed by atoms with Gasteiger partial charge in [0.05, 0.1) is 30.9 Å². The Morgan fingerprint density at radius 2 is 1.97 bits per heavy atom. The predicted molar refractivity (Wildman–Crippen MR) is 133 cm³/mol. The van der Waals surface area contributed by atoms with Crippen LogP contribution in [0.2, 0.25) is 0 Å². The topological polar surface area (TPSA) is 89.5 Å². The number of carbonyl (C=O) groups excluding carboxylic acids is 2. The number of hydrogen-bond donors (Lipinski definition) is 1. The molecule has 3 aromatic rings. The van der Waals surface area contributed by atoms with E-state index in [1.54, 1.807) is 43.8 Å². The number of nitrogens with one attached hydrogen (secondary N) is 1. The van der Waals surface area contributed by atoms with Crippen LogP contribution in [0.15, 0.2) is 59.0 Å². The number of hydrogen-bond acceptors (Lipinski definition) is 7. The highest BCUT2D eigenvalue weighted by atomic mass is 32.1. The number of rotatable bonds is 7. The molecule has 0 radical (unpaired) electrons. The zero-order valence-electron chi connectivity index (χ0n) is 19.4. The number of benzene rings is 2. The third kappa shape index (κ3) is 4.46. The van der Waals surface area contributed by atoms with Crippen molar-refractivity contribution in [3.8, 4) is 17.2 Å². The van der Waals surface area contributed by atoms with Crippen molar-refractivity contribution in [2.75, 3.05) is 27.4 Å². The quantitative estimate of drug-likeness (QED) is 0.543. The van der Waals surface area contributed by atoms with Crippen LogP contribution in [-0.2, 0) is 11.2 Å². The van der Waals surface area contributed by atoms with Crippen molar-refractivity contribution in [2.24, 2.45) is 5.10 Å². The maximum atomic E-state index is 13.4. The molecule has 0 saturated heterocycles. The van der Waals surface area contributed by atoms with Gasteiger partial charge in [-0.15, -0.1) is 11.3 Å². The van der Waals surface area contributed by atoms with Crippen LogP contribution < -0.4 is 19.5 Å². The Morgan fingerprint density at radius 1 is 1.11 bits per heavy atom. The number of hydrazone groups is 1. The third-order valence-electron chi connectivity index (χ3n) is 6.15. The third-order valence-corrected chi connectivity index (χ3v) is 7.07. The summed E-state index contributed by atoms with van der Waals surface area (Å²) in [6.07, 6.45) is 1.23. The molecule has 2 aliphatic heterocycles. The summed E-state index contributed by atoms with van der Waals surface area (Å²) in [5.41, 5.74) is 3.15. The first-order chi connectivity index (χ1) is 17.1. The average Bonchev–Trinajstić information content (AvgIpc) is 3.57. The van der Waals surface area contributed by atoms with Gasteiger partial charge in [0.1, 0.15) is 5.75 Å². The standard InChI is InChI=1S/C26H25N3O5S/c1-32-22-9-8-16(13-23(22)33-2)20-14-19(24-7-4-12-35-24)28-29(20)25(30)15-34-21-6-3-5-18-17(21)10-11-27-26(18)31/h3-9,12-13,20H,10-11,14-15H2,1-2H3,(H,27,31). The minimum absolute atomic E-state index is 0.124. The molecule has 3 heterocycles. The van der Waals surface area contributed by atoms with E-state index < -0.39 is 0 Å². The molecule has 0 fully saturated rings. The Hall–Kier alpha value is -3.85. The van der Waals surface area contributed by atoms with Crippen molar-refractivity contribution in [1.29, 1.82) is 0 Å². The summed E-state index contributed by atoms with van der Waals surface area (Å²) in [7, 11) is 3.17. The predicted octanol–water partition coefficient (Wildman–Crippen LogP) is 3.81. The van der Waals surface area contributed by atoms with Gasteiger partial charge in [0.25, 0.3) is 11.8 Å². The molecule has 0 bridgehead atoms. The molecule has 9 heteroatoms. The summed E-state index contributed by atoms with van der Waals surface area (Å²) in [6.45, 7) is 0.352. The first-order valence-electron chi connectivity index (χ1n) is 11.3. The molecule has 2 amide bonds. The summed E-state index contributed by atoms with van der Waals surface area (Å²) in [4.78, 5) is 26.6. The van der Waals surface area contributed by atoms with E-state index >= 15 is 0 Å². The molecule has 1 atom stereocenters. The summed E-state index contributed by atoms with van der Waals surface area (Å²) in [6, 6.07) is 14.6.